The number of ether oxygens (including phenoxy) is 1. The minimum absolute atomic E-state index is 0.168. The summed E-state index contributed by atoms with van der Waals surface area (Å²) >= 11 is 1.90. The second-order valence-corrected chi connectivity index (χ2v) is 9.75. The molecule has 176 valence electrons. The fourth-order valence-electron chi connectivity index (χ4n) is 4.14. The molecule has 1 aromatic heterocycles. The molecule has 8 heteroatoms. The topological polar surface area (TPSA) is 58.6 Å². The third-order valence-electron chi connectivity index (χ3n) is 6.19. The molecule has 2 heterocycles. The lowest BCUT2D eigenvalue weighted by Crippen LogP contribution is -2.35. The minimum atomic E-state index is -0.400. The van der Waals surface area contributed by atoms with Gasteiger partial charge in [-0.05, 0) is 42.7 Å². The van der Waals surface area contributed by atoms with Crippen LogP contribution in [0.15, 0.2) is 54.7 Å². The number of hydrogen-bond donors (Lipinski definition) is 0. The van der Waals surface area contributed by atoms with E-state index in [-0.39, 0.29) is 11.9 Å². The van der Waals surface area contributed by atoms with Gasteiger partial charge >= 0.3 is 0 Å². The Kier molecular flexibility index (Phi) is 6.67. The van der Waals surface area contributed by atoms with Gasteiger partial charge in [0.15, 0.2) is 0 Å². The molecule has 1 saturated heterocycles. The number of rotatable bonds is 7. The Morgan fingerprint density at radius 3 is 2.56 bits per heavy atom. The highest BCUT2D eigenvalue weighted by atomic mass is 32.2. The first-order chi connectivity index (χ1) is 16.6. The van der Waals surface area contributed by atoms with E-state index in [4.69, 9.17) is 9.72 Å². The van der Waals surface area contributed by atoms with E-state index in [9.17, 15) is 9.18 Å². The van der Waals surface area contributed by atoms with E-state index in [1.54, 1.807) is 31.5 Å². The van der Waals surface area contributed by atoms with E-state index in [1.807, 2.05) is 40.9 Å². The highest BCUT2D eigenvalue weighted by Gasteiger charge is 2.35. The zero-order valence-corrected chi connectivity index (χ0v) is 19.9. The normalized spacial score (nSPS) is 15.8. The van der Waals surface area contributed by atoms with Crippen LogP contribution in [0.3, 0.4) is 0 Å². The maximum atomic E-state index is 14.9. The molecule has 2 aliphatic rings. The number of nitrogens with zero attached hydrogens (tertiary/aromatic N) is 4. The van der Waals surface area contributed by atoms with E-state index in [1.165, 1.54) is 6.07 Å². The van der Waals surface area contributed by atoms with Crippen LogP contribution in [0.1, 0.15) is 28.8 Å². The summed E-state index contributed by atoms with van der Waals surface area (Å²) in [5.41, 5.74) is 2.02. The second-order valence-electron chi connectivity index (χ2n) is 8.52. The third-order valence-corrected chi connectivity index (χ3v) is 7.13. The van der Waals surface area contributed by atoms with E-state index < -0.39 is 5.82 Å². The number of amides is 1. The van der Waals surface area contributed by atoms with Crippen LogP contribution in [-0.4, -0.2) is 58.5 Å². The number of carbonyl (C=O) groups excluding carboxylic acids is 1. The number of carbonyl (C=O) groups is 1. The number of methoxy groups -OCH3 is 1. The number of aromatic nitrogens is 2. The summed E-state index contributed by atoms with van der Waals surface area (Å²) in [6.45, 7) is 2.13. The molecule has 3 aromatic rings. The van der Waals surface area contributed by atoms with Gasteiger partial charge in [-0.2, -0.15) is 11.8 Å². The fourth-order valence-corrected chi connectivity index (χ4v) is 5.04. The quantitative estimate of drug-likeness (QED) is 0.493. The molecule has 34 heavy (non-hydrogen) atoms. The number of halogens is 1. The molecule has 2 aromatic carbocycles. The van der Waals surface area contributed by atoms with E-state index in [0.29, 0.717) is 29.3 Å². The molecule has 2 fully saturated rings. The van der Waals surface area contributed by atoms with Gasteiger partial charge in [-0.25, -0.2) is 14.4 Å². The van der Waals surface area contributed by atoms with Crippen molar-refractivity contribution in [3.8, 4) is 17.0 Å². The first-order valence-electron chi connectivity index (χ1n) is 11.5. The summed E-state index contributed by atoms with van der Waals surface area (Å²) in [6, 6.07) is 14.4. The van der Waals surface area contributed by atoms with E-state index in [2.05, 4.69) is 9.88 Å². The molecule has 1 saturated carbocycles. The maximum Gasteiger partial charge on any atom is 0.258 e. The van der Waals surface area contributed by atoms with Gasteiger partial charge in [0.2, 0.25) is 5.95 Å². The SMILES string of the molecule is COc1ccc(CN(C(=O)c2cnc(N3CCSCC3)nc2-c2ccccc2F)C2CC2)cc1. The zero-order chi connectivity index (χ0) is 23.5. The molecule has 0 unspecified atom stereocenters. The Hall–Kier alpha value is -3.13. The number of thioether (sulfide) groups is 1. The van der Waals surface area contributed by atoms with Crippen molar-refractivity contribution in [1.82, 2.24) is 14.9 Å². The van der Waals surface area contributed by atoms with Gasteiger partial charge in [-0.15, -0.1) is 0 Å². The third kappa shape index (κ3) is 4.87. The predicted octanol–water partition coefficient (Wildman–Crippen LogP) is 4.65. The lowest BCUT2D eigenvalue weighted by molar-refractivity contribution is 0.0730. The molecular formula is C26H27FN4O2S. The largest absolute Gasteiger partial charge is 0.497 e. The molecule has 0 atom stereocenters. The number of hydrogen-bond acceptors (Lipinski definition) is 6. The van der Waals surface area contributed by atoms with Gasteiger partial charge in [0.25, 0.3) is 5.91 Å². The van der Waals surface area contributed by atoms with Crippen molar-refractivity contribution in [3.63, 3.8) is 0 Å². The Morgan fingerprint density at radius 2 is 1.88 bits per heavy atom. The fraction of sp³-hybridized carbons (Fsp3) is 0.346. The van der Waals surface area contributed by atoms with Gasteiger partial charge < -0.3 is 14.5 Å². The molecule has 6 nitrogen and oxygen atoms in total. The van der Waals surface area contributed by atoms with Crippen LogP contribution in [0.5, 0.6) is 5.75 Å². The highest BCUT2D eigenvalue weighted by molar-refractivity contribution is 7.99. The Balaban J connectivity index is 1.51. The molecule has 0 radical (unpaired) electrons. The lowest BCUT2D eigenvalue weighted by Gasteiger charge is -2.28. The summed E-state index contributed by atoms with van der Waals surface area (Å²) in [4.78, 5) is 27.1. The Bertz CT molecular complexity index is 1160. The van der Waals surface area contributed by atoms with Crippen LogP contribution in [0.25, 0.3) is 11.3 Å². The van der Waals surface area contributed by atoms with Gasteiger partial charge in [-0.1, -0.05) is 24.3 Å². The van der Waals surface area contributed by atoms with Gasteiger partial charge in [-0.3, -0.25) is 4.79 Å². The van der Waals surface area contributed by atoms with Gasteiger partial charge in [0.1, 0.15) is 11.6 Å². The van der Waals surface area contributed by atoms with E-state index >= 15 is 0 Å². The van der Waals surface area contributed by atoms with Crippen LogP contribution in [0, 0.1) is 5.82 Å². The standard InChI is InChI=1S/C26H27FN4O2S/c1-33-20-10-6-18(7-11-20)17-31(19-8-9-19)25(32)22-16-28-26(30-12-14-34-15-13-30)29-24(22)21-4-2-3-5-23(21)27/h2-7,10-11,16,19H,8-9,12-15,17H2,1H3. The maximum absolute atomic E-state index is 14.9. The lowest BCUT2D eigenvalue weighted by atomic mass is 10.0. The summed E-state index contributed by atoms with van der Waals surface area (Å²) in [7, 11) is 1.63. The van der Waals surface area contributed by atoms with Crippen LogP contribution in [-0.2, 0) is 6.54 Å². The van der Waals surface area contributed by atoms with E-state index in [0.717, 1.165) is 48.7 Å². The molecule has 0 bridgehead atoms. The van der Waals surface area contributed by atoms with Crippen molar-refractivity contribution in [2.24, 2.45) is 0 Å². The molecule has 5 rings (SSSR count). The average molecular weight is 479 g/mol. The molecule has 1 aliphatic heterocycles. The number of anilines is 1. The minimum Gasteiger partial charge on any atom is -0.497 e. The van der Waals surface area contributed by atoms with Crippen molar-refractivity contribution < 1.29 is 13.9 Å². The van der Waals surface area contributed by atoms with Crippen LogP contribution < -0.4 is 9.64 Å². The van der Waals surface area contributed by atoms with Crippen LogP contribution in [0.2, 0.25) is 0 Å². The molecular weight excluding hydrogens is 451 g/mol. The smallest absolute Gasteiger partial charge is 0.258 e. The Labute approximate surface area is 203 Å². The zero-order valence-electron chi connectivity index (χ0n) is 19.1. The summed E-state index contributed by atoms with van der Waals surface area (Å²) in [6.07, 6.45) is 3.50. The highest BCUT2D eigenvalue weighted by Crippen LogP contribution is 2.33. The van der Waals surface area contributed by atoms with Crippen molar-refractivity contribution in [2.45, 2.75) is 25.4 Å². The van der Waals surface area contributed by atoms with Crippen molar-refractivity contribution in [2.75, 3.05) is 36.6 Å². The van der Waals surface area contributed by atoms with Crippen molar-refractivity contribution >= 4 is 23.6 Å². The summed E-state index contributed by atoms with van der Waals surface area (Å²) < 4.78 is 20.1. The molecule has 0 spiro atoms. The summed E-state index contributed by atoms with van der Waals surface area (Å²) in [5, 5.41) is 0. The van der Waals surface area contributed by atoms with Gasteiger partial charge in [0.05, 0.1) is 18.4 Å². The van der Waals surface area contributed by atoms with Gasteiger partial charge in [0, 0.05) is 48.9 Å². The van der Waals surface area contributed by atoms with Crippen LogP contribution >= 0.6 is 11.8 Å². The number of benzene rings is 2. The monoisotopic (exact) mass is 478 g/mol. The average Bonchev–Trinajstić information content (AvgIpc) is 3.73. The molecule has 0 N–H and O–H groups in total. The Morgan fingerprint density at radius 1 is 1.15 bits per heavy atom. The van der Waals surface area contributed by atoms with Crippen molar-refractivity contribution in [3.05, 3.63) is 71.7 Å². The van der Waals surface area contributed by atoms with Crippen LogP contribution in [0.4, 0.5) is 10.3 Å². The predicted molar refractivity (Wildman–Crippen MR) is 133 cm³/mol. The molecule has 1 aliphatic carbocycles. The first kappa shape index (κ1) is 22.7. The van der Waals surface area contributed by atoms with Crippen molar-refractivity contribution in [1.29, 1.82) is 0 Å². The first-order valence-corrected chi connectivity index (χ1v) is 12.7. The summed E-state index contributed by atoms with van der Waals surface area (Å²) in [5.74, 6) is 2.74. The molecule has 1 amide bonds. The second kappa shape index (κ2) is 10.0.